The Morgan fingerprint density at radius 3 is 2.57 bits per heavy atom. The number of nitrogens with zero attached hydrogens (tertiary/aromatic N) is 3. The molecule has 21 heavy (non-hydrogen) atoms. The van der Waals surface area contributed by atoms with E-state index >= 15 is 0 Å². The molecule has 1 aromatic heterocycles. The molecule has 1 aliphatic rings. The predicted octanol–water partition coefficient (Wildman–Crippen LogP) is 1.31. The van der Waals surface area contributed by atoms with Crippen molar-refractivity contribution in [3.63, 3.8) is 0 Å². The van der Waals surface area contributed by atoms with Crippen LogP contribution < -0.4 is 16.4 Å². The van der Waals surface area contributed by atoms with Crippen molar-refractivity contribution < 1.29 is 4.79 Å². The summed E-state index contributed by atoms with van der Waals surface area (Å²) in [7, 11) is 0. The van der Waals surface area contributed by atoms with E-state index in [1.807, 2.05) is 4.90 Å². The van der Waals surface area contributed by atoms with Crippen LogP contribution in [0.15, 0.2) is 6.07 Å². The van der Waals surface area contributed by atoms with E-state index in [0.717, 1.165) is 38.9 Å². The number of carbonyl (C=O) groups excluding carboxylic acids is 1. The summed E-state index contributed by atoms with van der Waals surface area (Å²) in [5.74, 6) is 1.56. The fraction of sp³-hybridized carbons (Fsp3) is 0.643. The van der Waals surface area contributed by atoms with Crippen LogP contribution in [0.2, 0.25) is 0 Å². The monoisotopic (exact) mass is 292 g/mol. The molecule has 1 amide bonds. The Labute approximate surface area is 125 Å². The number of hydrogen-bond acceptors (Lipinski definition) is 6. The molecule has 7 heteroatoms. The lowest BCUT2D eigenvalue weighted by Gasteiger charge is -2.26. The fourth-order valence-electron chi connectivity index (χ4n) is 2.32. The zero-order chi connectivity index (χ0) is 15.1. The van der Waals surface area contributed by atoms with Crippen LogP contribution in [0, 0.1) is 0 Å². The molecule has 4 N–H and O–H groups in total. The highest BCUT2D eigenvalue weighted by molar-refractivity contribution is 5.80. The lowest BCUT2D eigenvalue weighted by atomic mass is 10.1. The first kappa shape index (κ1) is 15.3. The van der Waals surface area contributed by atoms with E-state index in [4.69, 9.17) is 5.73 Å². The number of aromatic nitrogens is 2. The van der Waals surface area contributed by atoms with E-state index in [-0.39, 0.29) is 18.4 Å². The molecule has 1 aliphatic heterocycles. The molecule has 0 bridgehead atoms. The third-order valence-corrected chi connectivity index (χ3v) is 3.43. The first-order valence-corrected chi connectivity index (χ1v) is 7.59. The second-order valence-electron chi connectivity index (χ2n) is 5.22. The first-order chi connectivity index (χ1) is 10.2. The minimum absolute atomic E-state index is 0.106. The van der Waals surface area contributed by atoms with Gasteiger partial charge in [-0.15, -0.1) is 0 Å². The van der Waals surface area contributed by atoms with Crippen LogP contribution in [0.4, 0.5) is 17.6 Å². The topological polar surface area (TPSA) is 96.2 Å². The Kier molecular flexibility index (Phi) is 5.59. The summed E-state index contributed by atoms with van der Waals surface area (Å²) >= 11 is 0. The van der Waals surface area contributed by atoms with E-state index in [1.54, 1.807) is 6.07 Å². The minimum Gasteiger partial charge on any atom is -0.370 e. The largest absolute Gasteiger partial charge is 0.370 e. The van der Waals surface area contributed by atoms with Gasteiger partial charge in [-0.05, 0) is 25.7 Å². The van der Waals surface area contributed by atoms with Gasteiger partial charge in [-0.25, -0.2) is 0 Å². The number of amides is 1. The molecule has 0 aromatic carbocycles. The zero-order valence-electron chi connectivity index (χ0n) is 12.6. The third-order valence-electron chi connectivity index (χ3n) is 3.43. The van der Waals surface area contributed by atoms with Gasteiger partial charge in [0.15, 0.2) is 0 Å². The maximum absolute atomic E-state index is 12.1. The Balaban J connectivity index is 1.89. The van der Waals surface area contributed by atoms with Crippen molar-refractivity contribution in [3.8, 4) is 0 Å². The lowest BCUT2D eigenvalue weighted by molar-refractivity contribution is -0.130. The second kappa shape index (κ2) is 7.66. The molecule has 0 radical (unpaired) electrons. The molecular formula is C14H24N6O. The van der Waals surface area contributed by atoms with Gasteiger partial charge in [0.1, 0.15) is 11.6 Å². The molecule has 1 aromatic rings. The van der Waals surface area contributed by atoms with Gasteiger partial charge in [-0.2, -0.15) is 9.97 Å². The highest BCUT2D eigenvalue weighted by Gasteiger charge is 2.16. The van der Waals surface area contributed by atoms with Gasteiger partial charge >= 0.3 is 0 Å². The molecule has 2 rings (SSSR count). The van der Waals surface area contributed by atoms with Gasteiger partial charge in [0, 0.05) is 25.7 Å². The van der Waals surface area contributed by atoms with Gasteiger partial charge in [-0.3, -0.25) is 4.79 Å². The van der Waals surface area contributed by atoms with Crippen LogP contribution in [0.25, 0.3) is 0 Å². The number of anilines is 3. The van der Waals surface area contributed by atoms with Gasteiger partial charge in [0.25, 0.3) is 0 Å². The molecule has 0 spiro atoms. The van der Waals surface area contributed by atoms with Crippen LogP contribution in [-0.2, 0) is 4.79 Å². The van der Waals surface area contributed by atoms with E-state index < -0.39 is 0 Å². The van der Waals surface area contributed by atoms with Gasteiger partial charge < -0.3 is 21.3 Å². The van der Waals surface area contributed by atoms with Gasteiger partial charge in [0.2, 0.25) is 11.9 Å². The summed E-state index contributed by atoms with van der Waals surface area (Å²) in [4.78, 5) is 22.2. The van der Waals surface area contributed by atoms with Crippen molar-refractivity contribution >= 4 is 23.5 Å². The van der Waals surface area contributed by atoms with Gasteiger partial charge in [-0.1, -0.05) is 6.92 Å². The number of hydrogen-bond donors (Lipinski definition) is 3. The van der Waals surface area contributed by atoms with Crippen molar-refractivity contribution in [2.45, 2.75) is 32.6 Å². The molecule has 0 unspecified atom stereocenters. The highest BCUT2D eigenvalue weighted by atomic mass is 16.2. The molecule has 0 atom stereocenters. The Morgan fingerprint density at radius 1 is 1.24 bits per heavy atom. The second-order valence-corrected chi connectivity index (χ2v) is 5.22. The Bertz CT molecular complexity index is 473. The minimum atomic E-state index is 0.106. The molecule has 1 saturated heterocycles. The standard InChI is InChI=1S/C14H24N6O/c1-2-6-16-11-9-12(19-14(15)18-11)17-10-13(21)20-7-4-3-5-8-20/h9H,2-8,10H2,1H3,(H4,15,16,17,18,19). The summed E-state index contributed by atoms with van der Waals surface area (Å²) in [6, 6.07) is 1.77. The van der Waals surface area contributed by atoms with E-state index in [9.17, 15) is 4.79 Å². The summed E-state index contributed by atoms with van der Waals surface area (Å²) in [5, 5.41) is 6.20. The molecular weight excluding hydrogens is 268 g/mol. The average molecular weight is 292 g/mol. The van der Waals surface area contributed by atoms with Gasteiger partial charge in [0.05, 0.1) is 6.54 Å². The van der Waals surface area contributed by atoms with Crippen LogP contribution in [-0.4, -0.2) is 47.0 Å². The number of nitrogen functional groups attached to an aromatic ring is 1. The molecule has 0 aliphatic carbocycles. The number of nitrogens with two attached hydrogens (primary N) is 1. The number of nitrogens with one attached hydrogen (secondary N) is 2. The Morgan fingerprint density at radius 2 is 1.90 bits per heavy atom. The summed E-state index contributed by atoms with van der Waals surface area (Å²) < 4.78 is 0. The van der Waals surface area contributed by atoms with Crippen molar-refractivity contribution in [2.24, 2.45) is 0 Å². The van der Waals surface area contributed by atoms with Crippen LogP contribution >= 0.6 is 0 Å². The normalized spacial score (nSPS) is 14.8. The summed E-state index contributed by atoms with van der Waals surface area (Å²) in [6.07, 6.45) is 4.40. The predicted molar refractivity (Wildman–Crippen MR) is 84.1 cm³/mol. The van der Waals surface area contributed by atoms with Crippen LogP contribution in [0.3, 0.4) is 0 Å². The summed E-state index contributed by atoms with van der Waals surface area (Å²) in [5.41, 5.74) is 5.68. The van der Waals surface area contributed by atoms with Crippen molar-refractivity contribution in [1.29, 1.82) is 0 Å². The van der Waals surface area contributed by atoms with Crippen LogP contribution in [0.1, 0.15) is 32.6 Å². The lowest BCUT2D eigenvalue weighted by Crippen LogP contribution is -2.39. The maximum Gasteiger partial charge on any atom is 0.241 e. The fourth-order valence-corrected chi connectivity index (χ4v) is 2.32. The van der Waals surface area contributed by atoms with Crippen LogP contribution in [0.5, 0.6) is 0 Å². The summed E-state index contributed by atoms with van der Waals surface area (Å²) in [6.45, 7) is 4.85. The quantitative estimate of drug-likeness (QED) is 0.731. The first-order valence-electron chi connectivity index (χ1n) is 7.59. The SMILES string of the molecule is CCCNc1cc(NCC(=O)N2CCCCC2)nc(N)n1. The maximum atomic E-state index is 12.1. The molecule has 116 valence electrons. The number of piperidine rings is 1. The van der Waals surface area contributed by atoms with Crippen molar-refractivity contribution in [3.05, 3.63) is 6.07 Å². The molecule has 2 heterocycles. The Hall–Kier alpha value is -2.05. The zero-order valence-corrected chi connectivity index (χ0v) is 12.6. The smallest absolute Gasteiger partial charge is 0.241 e. The van der Waals surface area contributed by atoms with Crippen molar-refractivity contribution in [1.82, 2.24) is 14.9 Å². The highest BCUT2D eigenvalue weighted by Crippen LogP contribution is 2.13. The van der Waals surface area contributed by atoms with E-state index in [2.05, 4.69) is 27.5 Å². The number of carbonyl (C=O) groups is 1. The number of likely N-dealkylation sites (tertiary alicyclic amines) is 1. The van der Waals surface area contributed by atoms with Crippen molar-refractivity contribution in [2.75, 3.05) is 42.5 Å². The third kappa shape index (κ3) is 4.77. The van der Waals surface area contributed by atoms with E-state index in [1.165, 1.54) is 6.42 Å². The molecule has 0 saturated carbocycles. The molecule has 1 fully saturated rings. The van der Waals surface area contributed by atoms with E-state index in [0.29, 0.717) is 11.6 Å². The molecule has 7 nitrogen and oxygen atoms in total. The average Bonchev–Trinajstić information content (AvgIpc) is 2.51. The number of rotatable bonds is 6.